The topological polar surface area (TPSA) is 85.0 Å². The fourth-order valence-electron chi connectivity index (χ4n) is 1.46. The van der Waals surface area contributed by atoms with Crippen molar-refractivity contribution in [3.8, 4) is 0 Å². The Morgan fingerprint density at radius 2 is 2.11 bits per heavy atom. The maximum absolute atomic E-state index is 11.5. The second kappa shape index (κ2) is 5.72. The largest absolute Gasteiger partial charge is 0.399 e. The van der Waals surface area contributed by atoms with E-state index in [0.717, 1.165) is 0 Å². The molecule has 0 aliphatic heterocycles. The lowest BCUT2D eigenvalue weighted by molar-refractivity contribution is 0.251. The summed E-state index contributed by atoms with van der Waals surface area (Å²) in [5.41, 5.74) is 6.93. The Bertz CT molecular complexity index is 492. The highest BCUT2D eigenvalue weighted by atomic mass is 16.2. The Labute approximate surface area is 105 Å². The summed E-state index contributed by atoms with van der Waals surface area (Å²) in [5.74, 6) is 0. The first-order valence-corrected chi connectivity index (χ1v) is 5.62. The van der Waals surface area contributed by atoms with Crippen LogP contribution in [0.15, 0.2) is 42.7 Å². The van der Waals surface area contributed by atoms with Crippen LogP contribution in [0.25, 0.3) is 0 Å². The van der Waals surface area contributed by atoms with Crippen molar-refractivity contribution in [1.82, 2.24) is 15.1 Å². The van der Waals surface area contributed by atoms with E-state index in [1.807, 2.05) is 12.3 Å². The van der Waals surface area contributed by atoms with Crippen LogP contribution in [0.1, 0.15) is 0 Å². The van der Waals surface area contributed by atoms with E-state index in [1.54, 1.807) is 35.1 Å². The zero-order valence-electron chi connectivity index (χ0n) is 9.84. The number of carbonyl (C=O) groups is 1. The number of amides is 2. The number of rotatable bonds is 4. The van der Waals surface area contributed by atoms with Gasteiger partial charge in [-0.1, -0.05) is 0 Å². The Morgan fingerprint density at radius 3 is 2.78 bits per heavy atom. The van der Waals surface area contributed by atoms with E-state index in [9.17, 15) is 4.79 Å². The normalized spacial score (nSPS) is 10.0. The van der Waals surface area contributed by atoms with Gasteiger partial charge in [0.1, 0.15) is 0 Å². The molecule has 4 N–H and O–H groups in total. The van der Waals surface area contributed by atoms with E-state index in [2.05, 4.69) is 15.7 Å². The molecule has 0 aliphatic rings. The first-order valence-electron chi connectivity index (χ1n) is 5.62. The van der Waals surface area contributed by atoms with Crippen molar-refractivity contribution in [3.63, 3.8) is 0 Å². The van der Waals surface area contributed by atoms with E-state index < -0.39 is 0 Å². The third-order valence-electron chi connectivity index (χ3n) is 2.35. The van der Waals surface area contributed by atoms with Crippen molar-refractivity contribution in [2.24, 2.45) is 0 Å². The number of urea groups is 1. The van der Waals surface area contributed by atoms with Gasteiger partial charge >= 0.3 is 6.03 Å². The lowest BCUT2D eigenvalue weighted by Gasteiger charge is -2.07. The summed E-state index contributed by atoms with van der Waals surface area (Å²) in [5, 5.41) is 9.49. The van der Waals surface area contributed by atoms with E-state index in [-0.39, 0.29) is 6.03 Å². The van der Waals surface area contributed by atoms with Gasteiger partial charge in [-0.05, 0) is 30.3 Å². The maximum Gasteiger partial charge on any atom is 0.319 e. The second-order valence-electron chi connectivity index (χ2n) is 3.77. The molecule has 0 radical (unpaired) electrons. The first kappa shape index (κ1) is 12.0. The molecule has 1 aromatic carbocycles. The highest BCUT2D eigenvalue weighted by Gasteiger charge is 2.00. The molecule has 94 valence electrons. The molecule has 0 aliphatic carbocycles. The van der Waals surface area contributed by atoms with Crippen LogP contribution in [0, 0.1) is 0 Å². The molecule has 0 spiro atoms. The number of nitrogens with one attached hydrogen (secondary N) is 2. The molecule has 0 saturated heterocycles. The molecule has 0 saturated carbocycles. The van der Waals surface area contributed by atoms with Gasteiger partial charge in [-0.15, -0.1) is 0 Å². The zero-order chi connectivity index (χ0) is 12.8. The minimum atomic E-state index is -0.244. The quantitative estimate of drug-likeness (QED) is 0.709. The number of anilines is 2. The fraction of sp³-hybridized carbons (Fsp3) is 0.167. The van der Waals surface area contributed by atoms with Gasteiger partial charge < -0.3 is 16.4 Å². The molecule has 2 aromatic rings. The van der Waals surface area contributed by atoms with Gasteiger partial charge in [0.25, 0.3) is 0 Å². The van der Waals surface area contributed by atoms with Crippen molar-refractivity contribution < 1.29 is 4.79 Å². The van der Waals surface area contributed by atoms with Crippen molar-refractivity contribution >= 4 is 17.4 Å². The molecule has 6 nitrogen and oxygen atoms in total. The standard InChI is InChI=1S/C12H15N5O/c13-10-2-4-11(5-3-10)16-12(18)14-7-9-17-8-1-6-15-17/h1-6,8H,7,9,13H2,(H2,14,16,18). The number of carbonyl (C=O) groups excluding carboxylic acids is 1. The molecule has 6 heteroatoms. The molecule has 0 unspecified atom stereocenters. The molecule has 18 heavy (non-hydrogen) atoms. The SMILES string of the molecule is Nc1ccc(NC(=O)NCCn2cccn2)cc1. The molecule has 0 bridgehead atoms. The average Bonchev–Trinajstić information content (AvgIpc) is 2.85. The van der Waals surface area contributed by atoms with Crippen LogP contribution in [-0.4, -0.2) is 22.4 Å². The fourth-order valence-corrected chi connectivity index (χ4v) is 1.46. The van der Waals surface area contributed by atoms with Gasteiger partial charge in [0.05, 0.1) is 6.54 Å². The highest BCUT2D eigenvalue weighted by molar-refractivity contribution is 5.89. The van der Waals surface area contributed by atoms with Gasteiger partial charge in [-0.2, -0.15) is 5.10 Å². The Kier molecular flexibility index (Phi) is 3.80. The number of nitrogens with two attached hydrogens (primary N) is 1. The smallest absolute Gasteiger partial charge is 0.319 e. The summed E-state index contributed by atoms with van der Waals surface area (Å²) < 4.78 is 1.75. The van der Waals surface area contributed by atoms with Gasteiger partial charge in [0.15, 0.2) is 0 Å². The maximum atomic E-state index is 11.5. The number of aromatic nitrogens is 2. The summed E-state index contributed by atoms with van der Waals surface area (Å²) in [6, 6.07) is 8.57. The van der Waals surface area contributed by atoms with E-state index in [0.29, 0.717) is 24.5 Å². The van der Waals surface area contributed by atoms with Gasteiger partial charge in [0, 0.05) is 30.3 Å². The van der Waals surface area contributed by atoms with E-state index in [4.69, 9.17) is 5.73 Å². The zero-order valence-corrected chi connectivity index (χ0v) is 9.84. The van der Waals surface area contributed by atoms with Crippen LogP contribution in [0.5, 0.6) is 0 Å². The van der Waals surface area contributed by atoms with Crippen LogP contribution < -0.4 is 16.4 Å². The highest BCUT2D eigenvalue weighted by Crippen LogP contribution is 2.09. The second-order valence-corrected chi connectivity index (χ2v) is 3.77. The van der Waals surface area contributed by atoms with Crippen LogP contribution in [0.2, 0.25) is 0 Å². The molecular weight excluding hydrogens is 230 g/mol. The van der Waals surface area contributed by atoms with E-state index >= 15 is 0 Å². The predicted molar refractivity (Wildman–Crippen MR) is 70.1 cm³/mol. The Morgan fingerprint density at radius 1 is 1.33 bits per heavy atom. The van der Waals surface area contributed by atoms with Crippen LogP contribution in [-0.2, 0) is 6.54 Å². The van der Waals surface area contributed by atoms with Crippen molar-refractivity contribution in [2.45, 2.75) is 6.54 Å². The summed E-state index contributed by atoms with van der Waals surface area (Å²) in [7, 11) is 0. The number of hydrogen-bond acceptors (Lipinski definition) is 3. The Hall–Kier alpha value is -2.50. The average molecular weight is 245 g/mol. The molecule has 1 aromatic heterocycles. The third-order valence-corrected chi connectivity index (χ3v) is 2.35. The lowest BCUT2D eigenvalue weighted by Crippen LogP contribution is -2.31. The van der Waals surface area contributed by atoms with Crippen molar-refractivity contribution in [2.75, 3.05) is 17.6 Å². The summed E-state index contributed by atoms with van der Waals surface area (Å²) in [6.45, 7) is 1.16. The van der Waals surface area contributed by atoms with Gasteiger partial charge in [-0.3, -0.25) is 4.68 Å². The lowest BCUT2D eigenvalue weighted by atomic mass is 10.3. The molecule has 1 heterocycles. The third kappa shape index (κ3) is 3.51. The summed E-state index contributed by atoms with van der Waals surface area (Å²) in [4.78, 5) is 11.5. The summed E-state index contributed by atoms with van der Waals surface area (Å²) in [6.07, 6.45) is 3.55. The number of benzene rings is 1. The molecule has 2 rings (SSSR count). The first-order chi connectivity index (χ1) is 8.74. The Balaban J connectivity index is 1.73. The monoisotopic (exact) mass is 245 g/mol. The summed E-state index contributed by atoms with van der Waals surface area (Å²) >= 11 is 0. The number of hydrogen-bond donors (Lipinski definition) is 3. The van der Waals surface area contributed by atoms with Crippen LogP contribution in [0.4, 0.5) is 16.2 Å². The minimum Gasteiger partial charge on any atom is -0.399 e. The molecule has 0 atom stereocenters. The van der Waals surface area contributed by atoms with Crippen LogP contribution in [0.3, 0.4) is 0 Å². The minimum absolute atomic E-state index is 0.244. The van der Waals surface area contributed by atoms with Gasteiger partial charge in [-0.25, -0.2) is 4.79 Å². The van der Waals surface area contributed by atoms with Crippen LogP contribution >= 0.6 is 0 Å². The molecular formula is C12H15N5O. The predicted octanol–water partition coefficient (Wildman–Crippen LogP) is 1.29. The molecule has 0 fully saturated rings. The van der Waals surface area contributed by atoms with Gasteiger partial charge in [0.2, 0.25) is 0 Å². The number of nitrogens with zero attached hydrogens (tertiary/aromatic N) is 2. The van der Waals surface area contributed by atoms with Crippen molar-refractivity contribution in [3.05, 3.63) is 42.7 Å². The van der Waals surface area contributed by atoms with Crippen molar-refractivity contribution in [1.29, 1.82) is 0 Å². The molecule has 2 amide bonds. The number of nitrogen functional groups attached to an aromatic ring is 1. The van der Waals surface area contributed by atoms with E-state index in [1.165, 1.54) is 0 Å².